The van der Waals surface area contributed by atoms with Gasteiger partial charge in [-0.25, -0.2) is 0 Å². The standard InChI is InChI=1S/C29H32N4O5/c1-17(2)13-21(31-28(36)27-18(3)20-8-4-5-9-24(20)38-27)29(37)32-12-10-22-26(32)23(34)16-33(22)25(35)14-19-7-6-11-30-15-19/h4-9,11,15,17,21-22,26H,10,12-14,16H2,1-3H3,(H,31,36). The zero-order chi connectivity index (χ0) is 27.0. The van der Waals surface area contributed by atoms with Gasteiger partial charge in [-0.3, -0.25) is 24.2 Å². The molecule has 9 heteroatoms. The minimum absolute atomic E-state index is 0.0163. The molecule has 2 fully saturated rings. The van der Waals surface area contributed by atoms with E-state index in [-0.39, 0.29) is 48.3 Å². The Balaban J connectivity index is 1.32. The van der Waals surface area contributed by atoms with Crippen molar-refractivity contribution in [2.24, 2.45) is 5.92 Å². The maximum atomic E-state index is 13.8. The number of ketones is 1. The second-order valence-corrected chi connectivity index (χ2v) is 10.6. The number of hydrogen-bond acceptors (Lipinski definition) is 6. The Morgan fingerprint density at radius 2 is 1.92 bits per heavy atom. The second-order valence-electron chi connectivity index (χ2n) is 10.6. The van der Waals surface area contributed by atoms with Gasteiger partial charge in [0, 0.05) is 29.9 Å². The molecule has 0 spiro atoms. The number of nitrogens with zero attached hydrogens (tertiary/aromatic N) is 3. The molecule has 3 amide bonds. The molecule has 0 radical (unpaired) electrons. The summed E-state index contributed by atoms with van der Waals surface area (Å²) in [6, 6.07) is 9.13. The van der Waals surface area contributed by atoms with Crippen molar-refractivity contribution in [3.63, 3.8) is 0 Å². The van der Waals surface area contributed by atoms with Crippen LogP contribution in [0.1, 0.15) is 48.4 Å². The Bertz CT molecular complexity index is 1380. The Labute approximate surface area is 221 Å². The lowest BCUT2D eigenvalue weighted by atomic mass is 10.0. The molecule has 0 aliphatic carbocycles. The highest BCUT2D eigenvalue weighted by Gasteiger charge is 2.52. The molecule has 5 rings (SSSR count). The van der Waals surface area contributed by atoms with E-state index < -0.39 is 18.0 Å². The van der Waals surface area contributed by atoms with E-state index in [1.807, 2.05) is 45.0 Å². The molecule has 3 unspecified atom stereocenters. The summed E-state index contributed by atoms with van der Waals surface area (Å²) >= 11 is 0. The number of fused-ring (bicyclic) bond motifs is 2. The van der Waals surface area contributed by atoms with Crippen LogP contribution in [0.25, 0.3) is 11.0 Å². The van der Waals surface area contributed by atoms with E-state index in [9.17, 15) is 19.2 Å². The van der Waals surface area contributed by atoms with Crippen LogP contribution in [0.5, 0.6) is 0 Å². The van der Waals surface area contributed by atoms with Gasteiger partial charge in [0.2, 0.25) is 11.8 Å². The lowest BCUT2D eigenvalue weighted by Crippen LogP contribution is -2.53. The molecule has 1 aromatic carbocycles. The summed E-state index contributed by atoms with van der Waals surface area (Å²) in [7, 11) is 0. The van der Waals surface area contributed by atoms with Crippen LogP contribution in [-0.2, 0) is 20.8 Å². The molecule has 0 saturated carbocycles. The minimum Gasteiger partial charge on any atom is -0.451 e. The van der Waals surface area contributed by atoms with Crippen molar-refractivity contribution in [1.82, 2.24) is 20.1 Å². The van der Waals surface area contributed by atoms with Gasteiger partial charge < -0.3 is 19.5 Å². The number of aryl methyl sites for hydroxylation is 1. The molecule has 2 aliphatic rings. The summed E-state index contributed by atoms with van der Waals surface area (Å²) in [5, 5.41) is 3.73. The van der Waals surface area contributed by atoms with Crippen LogP contribution in [0, 0.1) is 12.8 Å². The van der Waals surface area contributed by atoms with Crippen LogP contribution in [0.3, 0.4) is 0 Å². The van der Waals surface area contributed by atoms with Gasteiger partial charge >= 0.3 is 0 Å². The number of rotatable bonds is 7. The molecule has 2 aliphatic heterocycles. The zero-order valence-electron chi connectivity index (χ0n) is 21.8. The van der Waals surface area contributed by atoms with Gasteiger partial charge in [0.1, 0.15) is 17.7 Å². The van der Waals surface area contributed by atoms with Gasteiger partial charge in [-0.2, -0.15) is 0 Å². The van der Waals surface area contributed by atoms with Crippen molar-refractivity contribution >= 4 is 34.5 Å². The number of hydrogen-bond donors (Lipinski definition) is 1. The van der Waals surface area contributed by atoms with Gasteiger partial charge in [-0.15, -0.1) is 0 Å². The van der Waals surface area contributed by atoms with Gasteiger partial charge in [0.25, 0.3) is 5.91 Å². The SMILES string of the molecule is Cc1c(C(=O)NC(CC(C)C)C(=O)N2CCC3C2C(=O)CN3C(=O)Cc2cccnc2)oc2ccccc12. The number of nitrogens with one attached hydrogen (secondary N) is 1. The summed E-state index contributed by atoms with van der Waals surface area (Å²) in [5.74, 6) is -0.765. The highest BCUT2D eigenvalue weighted by molar-refractivity contribution is 6.02. The fourth-order valence-electron chi connectivity index (χ4n) is 5.68. The highest BCUT2D eigenvalue weighted by atomic mass is 16.3. The smallest absolute Gasteiger partial charge is 0.287 e. The molecule has 2 saturated heterocycles. The van der Waals surface area contributed by atoms with Crippen LogP contribution >= 0.6 is 0 Å². The number of aromatic nitrogens is 1. The van der Waals surface area contributed by atoms with Gasteiger partial charge in [-0.1, -0.05) is 38.1 Å². The third-order valence-corrected chi connectivity index (χ3v) is 7.46. The molecule has 9 nitrogen and oxygen atoms in total. The highest BCUT2D eigenvalue weighted by Crippen LogP contribution is 2.31. The van der Waals surface area contributed by atoms with E-state index in [1.165, 1.54) is 0 Å². The minimum atomic E-state index is -0.818. The Kier molecular flexibility index (Phi) is 7.01. The van der Waals surface area contributed by atoms with Gasteiger partial charge in [0.15, 0.2) is 11.5 Å². The third-order valence-electron chi connectivity index (χ3n) is 7.46. The number of likely N-dealkylation sites (tertiary alicyclic amines) is 2. The number of carbonyl (C=O) groups excluding carboxylic acids is 4. The first kappa shape index (κ1) is 25.6. The van der Waals surface area contributed by atoms with E-state index in [0.717, 1.165) is 10.9 Å². The Morgan fingerprint density at radius 1 is 1.13 bits per heavy atom. The Hall–Kier alpha value is -4.01. The normalized spacial score (nSPS) is 19.7. The summed E-state index contributed by atoms with van der Waals surface area (Å²) < 4.78 is 5.81. The van der Waals surface area contributed by atoms with E-state index in [0.29, 0.717) is 30.5 Å². The molecule has 3 aromatic rings. The first-order valence-electron chi connectivity index (χ1n) is 13.0. The largest absolute Gasteiger partial charge is 0.451 e. The van der Waals surface area contributed by atoms with Crippen molar-refractivity contribution < 1.29 is 23.6 Å². The predicted molar refractivity (Wildman–Crippen MR) is 140 cm³/mol. The molecule has 198 valence electrons. The average molecular weight is 517 g/mol. The van der Waals surface area contributed by atoms with E-state index in [2.05, 4.69) is 10.3 Å². The number of furan rings is 1. The van der Waals surface area contributed by atoms with Gasteiger partial charge in [-0.05, 0) is 43.4 Å². The maximum Gasteiger partial charge on any atom is 0.287 e. The summed E-state index contributed by atoms with van der Waals surface area (Å²) in [6.45, 7) is 6.11. The Morgan fingerprint density at radius 3 is 2.63 bits per heavy atom. The molecular formula is C29H32N4O5. The van der Waals surface area contributed by atoms with Crippen LogP contribution in [-0.4, -0.2) is 69.5 Å². The van der Waals surface area contributed by atoms with Gasteiger partial charge in [0.05, 0.1) is 19.0 Å². The van der Waals surface area contributed by atoms with Crippen molar-refractivity contribution in [3.8, 4) is 0 Å². The maximum absolute atomic E-state index is 13.8. The van der Waals surface area contributed by atoms with Crippen molar-refractivity contribution in [2.45, 2.75) is 58.2 Å². The molecule has 0 bridgehead atoms. The molecule has 38 heavy (non-hydrogen) atoms. The predicted octanol–water partition coefficient (Wildman–Crippen LogP) is 2.90. The fourth-order valence-corrected chi connectivity index (χ4v) is 5.68. The van der Waals surface area contributed by atoms with Crippen LogP contribution < -0.4 is 5.32 Å². The number of carbonyl (C=O) groups is 4. The number of benzene rings is 1. The van der Waals surface area contributed by atoms with E-state index in [4.69, 9.17) is 4.42 Å². The molecule has 2 aromatic heterocycles. The third kappa shape index (κ3) is 4.80. The monoisotopic (exact) mass is 516 g/mol. The molecule has 3 atom stereocenters. The van der Waals surface area contributed by atoms with Crippen molar-refractivity contribution in [2.75, 3.05) is 13.1 Å². The topological polar surface area (TPSA) is 113 Å². The first-order valence-corrected chi connectivity index (χ1v) is 13.0. The number of Topliss-reactive ketones (excluding diaryl/α,β-unsaturated/α-hetero) is 1. The average Bonchev–Trinajstić information content (AvgIpc) is 3.57. The number of amides is 3. The summed E-state index contributed by atoms with van der Waals surface area (Å²) in [5.41, 5.74) is 2.10. The van der Waals surface area contributed by atoms with Crippen molar-refractivity contribution in [3.05, 3.63) is 65.7 Å². The number of pyridine rings is 1. The lowest BCUT2D eigenvalue weighted by molar-refractivity contribution is -0.138. The molecule has 1 N–H and O–H groups in total. The summed E-state index contributed by atoms with van der Waals surface area (Å²) in [6.07, 6.45) is 4.37. The van der Waals surface area contributed by atoms with Crippen LogP contribution in [0.15, 0.2) is 53.2 Å². The first-order chi connectivity index (χ1) is 18.2. The van der Waals surface area contributed by atoms with E-state index >= 15 is 0 Å². The van der Waals surface area contributed by atoms with Crippen molar-refractivity contribution in [1.29, 1.82) is 0 Å². The second kappa shape index (κ2) is 10.4. The van der Waals surface area contributed by atoms with Crippen LogP contribution in [0.4, 0.5) is 0 Å². The zero-order valence-corrected chi connectivity index (χ0v) is 21.8. The quantitative estimate of drug-likeness (QED) is 0.517. The fraction of sp³-hybridized carbons (Fsp3) is 0.414. The van der Waals surface area contributed by atoms with E-state index in [1.54, 1.807) is 34.3 Å². The molecular weight excluding hydrogens is 484 g/mol. The molecule has 4 heterocycles. The lowest BCUT2D eigenvalue weighted by Gasteiger charge is -2.29. The van der Waals surface area contributed by atoms with Crippen LogP contribution in [0.2, 0.25) is 0 Å². The summed E-state index contributed by atoms with van der Waals surface area (Å²) in [4.78, 5) is 60.4. The number of para-hydroxylation sites is 1.